The van der Waals surface area contributed by atoms with Gasteiger partial charge in [-0.05, 0) is 43.2 Å². The third-order valence-corrected chi connectivity index (χ3v) is 4.32. The number of hydrogen-bond acceptors (Lipinski definition) is 5. The van der Waals surface area contributed by atoms with Crippen molar-refractivity contribution in [3.8, 4) is 5.95 Å². The van der Waals surface area contributed by atoms with Crippen molar-refractivity contribution < 1.29 is 4.39 Å². The summed E-state index contributed by atoms with van der Waals surface area (Å²) in [7, 11) is 0. The van der Waals surface area contributed by atoms with E-state index in [-0.39, 0.29) is 5.82 Å². The van der Waals surface area contributed by atoms with Gasteiger partial charge in [0.2, 0.25) is 0 Å². The van der Waals surface area contributed by atoms with Crippen LogP contribution in [-0.4, -0.2) is 37.8 Å². The van der Waals surface area contributed by atoms with E-state index in [2.05, 4.69) is 25.0 Å². The number of hydrogen-bond donors (Lipinski definition) is 0. The molecule has 3 aromatic rings. The number of halogens is 1. The zero-order chi connectivity index (χ0) is 16.4. The average Bonchev–Trinajstić information content (AvgIpc) is 3.13. The standard InChI is InChI=1S/C17H17FN6/c18-14-2-4-15(5-3-14)23-10-6-13(7-11-23)16-21-12-24(22-16)17-19-8-1-9-20-17/h1-5,8-9,12-13H,6-7,10-11H2. The number of anilines is 1. The zero-order valence-corrected chi connectivity index (χ0v) is 13.1. The molecule has 1 aromatic carbocycles. The Morgan fingerprint density at radius 3 is 2.38 bits per heavy atom. The monoisotopic (exact) mass is 324 g/mol. The molecule has 1 saturated heterocycles. The predicted molar refractivity (Wildman–Crippen MR) is 87.5 cm³/mol. The molecule has 24 heavy (non-hydrogen) atoms. The van der Waals surface area contributed by atoms with Crippen LogP contribution in [-0.2, 0) is 0 Å². The van der Waals surface area contributed by atoms with E-state index in [0.717, 1.165) is 37.4 Å². The molecule has 122 valence electrons. The van der Waals surface area contributed by atoms with Crippen LogP contribution < -0.4 is 4.90 Å². The summed E-state index contributed by atoms with van der Waals surface area (Å²) in [6.45, 7) is 1.82. The van der Waals surface area contributed by atoms with Gasteiger partial charge in [-0.3, -0.25) is 0 Å². The largest absolute Gasteiger partial charge is 0.371 e. The zero-order valence-electron chi connectivity index (χ0n) is 13.1. The molecule has 0 bridgehead atoms. The Morgan fingerprint density at radius 1 is 0.958 bits per heavy atom. The van der Waals surface area contributed by atoms with Gasteiger partial charge < -0.3 is 4.90 Å². The van der Waals surface area contributed by atoms with Gasteiger partial charge >= 0.3 is 0 Å². The summed E-state index contributed by atoms with van der Waals surface area (Å²) < 4.78 is 14.6. The van der Waals surface area contributed by atoms with E-state index in [0.29, 0.717) is 11.9 Å². The summed E-state index contributed by atoms with van der Waals surface area (Å²) in [5.74, 6) is 1.49. The lowest BCUT2D eigenvalue weighted by atomic mass is 9.96. The first-order valence-corrected chi connectivity index (χ1v) is 7.99. The van der Waals surface area contributed by atoms with Crippen molar-refractivity contribution in [3.63, 3.8) is 0 Å². The molecule has 3 heterocycles. The van der Waals surface area contributed by atoms with Crippen LogP contribution in [0.2, 0.25) is 0 Å². The molecule has 0 N–H and O–H groups in total. The molecule has 6 nitrogen and oxygen atoms in total. The summed E-state index contributed by atoms with van der Waals surface area (Å²) in [6.07, 6.45) is 6.97. The molecule has 7 heteroatoms. The lowest BCUT2D eigenvalue weighted by Crippen LogP contribution is -2.33. The topological polar surface area (TPSA) is 59.7 Å². The average molecular weight is 324 g/mol. The van der Waals surface area contributed by atoms with Gasteiger partial charge in [0.15, 0.2) is 5.82 Å². The Hall–Kier alpha value is -2.83. The molecule has 4 rings (SSSR count). The lowest BCUT2D eigenvalue weighted by molar-refractivity contribution is 0.484. The Balaban J connectivity index is 1.43. The molecule has 0 spiro atoms. The van der Waals surface area contributed by atoms with Gasteiger partial charge in [0, 0.05) is 37.1 Å². The molecule has 0 radical (unpaired) electrons. The van der Waals surface area contributed by atoms with Crippen molar-refractivity contribution >= 4 is 5.69 Å². The van der Waals surface area contributed by atoms with Crippen molar-refractivity contribution in [2.24, 2.45) is 0 Å². The van der Waals surface area contributed by atoms with Crippen LogP contribution in [0, 0.1) is 5.82 Å². The smallest absolute Gasteiger partial charge is 0.251 e. The molecule has 0 aliphatic carbocycles. The summed E-state index contributed by atoms with van der Waals surface area (Å²) >= 11 is 0. The van der Waals surface area contributed by atoms with E-state index in [1.807, 2.05) is 12.1 Å². The maximum Gasteiger partial charge on any atom is 0.251 e. The third kappa shape index (κ3) is 2.97. The molecule has 2 aromatic heterocycles. The maximum absolute atomic E-state index is 13.0. The van der Waals surface area contributed by atoms with Crippen LogP contribution in [0.5, 0.6) is 0 Å². The van der Waals surface area contributed by atoms with Crippen molar-refractivity contribution in [2.75, 3.05) is 18.0 Å². The van der Waals surface area contributed by atoms with Gasteiger partial charge in [0.1, 0.15) is 12.1 Å². The van der Waals surface area contributed by atoms with E-state index in [4.69, 9.17) is 0 Å². The van der Waals surface area contributed by atoms with E-state index in [1.165, 1.54) is 12.1 Å². The van der Waals surface area contributed by atoms with Gasteiger partial charge in [0.05, 0.1) is 0 Å². The minimum Gasteiger partial charge on any atom is -0.371 e. The first-order valence-electron chi connectivity index (χ1n) is 7.99. The van der Waals surface area contributed by atoms with Crippen LogP contribution in [0.4, 0.5) is 10.1 Å². The summed E-state index contributed by atoms with van der Waals surface area (Å²) in [6, 6.07) is 8.44. The van der Waals surface area contributed by atoms with Gasteiger partial charge in [-0.1, -0.05) is 0 Å². The maximum atomic E-state index is 13.0. The molecular formula is C17H17FN6. The van der Waals surface area contributed by atoms with Crippen LogP contribution in [0.15, 0.2) is 49.1 Å². The van der Waals surface area contributed by atoms with E-state index in [1.54, 1.807) is 29.5 Å². The Bertz CT molecular complexity index is 793. The number of rotatable bonds is 3. The molecule has 0 unspecified atom stereocenters. The lowest BCUT2D eigenvalue weighted by Gasteiger charge is -2.32. The Labute approximate surface area is 139 Å². The van der Waals surface area contributed by atoms with Gasteiger partial charge in [-0.25, -0.2) is 19.3 Å². The first-order chi connectivity index (χ1) is 11.8. The third-order valence-electron chi connectivity index (χ3n) is 4.32. The highest BCUT2D eigenvalue weighted by atomic mass is 19.1. The van der Waals surface area contributed by atoms with Crippen molar-refractivity contribution in [1.82, 2.24) is 24.7 Å². The first kappa shape index (κ1) is 14.7. The SMILES string of the molecule is Fc1ccc(N2CCC(c3ncn(-c4ncccn4)n3)CC2)cc1. The van der Waals surface area contributed by atoms with E-state index >= 15 is 0 Å². The summed E-state index contributed by atoms with van der Waals surface area (Å²) in [5, 5.41) is 4.53. The van der Waals surface area contributed by atoms with Crippen molar-refractivity contribution in [3.05, 3.63) is 60.7 Å². The number of benzene rings is 1. The quantitative estimate of drug-likeness (QED) is 0.741. The number of aromatic nitrogens is 5. The van der Waals surface area contributed by atoms with Gasteiger partial charge in [-0.2, -0.15) is 4.68 Å². The second-order valence-electron chi connectivity index (χ2n) is 5.83. The minimum absolute atomic E-state index is 0.202. The molecule has 1 aliphatic heterocycles. The number of nitrogens with zero attached hydrogens (tertiary/aromatic N) is 6. The van der Waals surface area contributed by atoms with E-state index < -0.39 is 0 Å². The normalized spacial score (nSPS) is 15.6. The highest BCUT2D eigenvalue weighted by Crippen LogP contribution is 2.28. The summed E-state index contributed by atoms with van der Waals surface area (Å²) in [5.41, 5.74) is 1.06. The van der Waals surface area contributed by atoms with Crippen molar-refractivity contribution in [1.29, 1.82) is 0 Å². The molecular weight excluding hydrogens is 307 g/mol. The molecule has 0 amide bonds. The predicted octanol–water partition coefficient (Wildman–Crippen LogP) is 2.58. The van der Waals surface area contributed by atoms with Crippen LogP contribution in [0.3, 0.4) is 0 Å². The van der Waals surface area contributed by atoms with Gasteiger partial charge in [-0.15, -0.1) is 5.10 Å². The van der Waals surface area contributed by atoms with E-state index in [9.17, 15) is 4.39 Å². The van der Waals surface area contributed by atoms with Crippen LogP contribution in [0.1, 0.15) is 24.6 Å². The van der Waals surface area contributed by atoms with Crippen LogP contribution >= 0.6 is 0 Å². The Kier molecular flexibility index (Phi) is 3.90. The molecule has 1 aliphatic rings. The molecule has 0 atom stereocenters. The second kappa shape index (κ2) is 6.35. The number of piperidine rings is 1. The highest BCUT2D eigenvalue weighted by Gasteiger charge is 2.24. The fourth-order valence-electron chi connectivity index (χ4n) is 3.02. The Morgan fingerprint density at radius 2 is 1.67 bits per heavy atom. The molecule has 0 saturated carbocycles. The van der Waals surface area contributed by atoms with Gasteiger partial charge in [0.25, 0.3) is 5.95 Å². The fraction of sp³-hybridized carbons (Fsp3) is 0.294. The minimum atomic E-state index is -0.202. The fourth-order valence-corrected chi connectivity index (χ4v) is 3.02. The van der Waals surface area contributed by atoms with Crippen molar-refractivity contribution in [2.45, 2.75) is 18.8 Å². The highest BCUT2D eigenvalue weighted by molar-refractivity contribution is 5.46. The molecule has 1 fully saturated rings. The second-order valence-corrected chi connectivity index (χ2v) is 5.83. The summed E-state index contributed by atoms with van der Waals surface area (Å²) in [4.78, 5) is 15.1. The van der Waals surface area contributed by atoms with Crippen LogP contribution in [0.25, 0.3) is 5.95 Å².